The van der Waals surface area contributed by atoms with Gasteiger partial charge in [0.05, 0.1) is 0 Å². The van der Waals surface area contributed by atoms with Crippen molar-refractivity contribution in [2.24, 2.45) is 0 Å². The topological polar surface area (TPSA) is 30.0 Å². The summed E-state index contributed by atoms with van der Waals surface area (Å²) < 4.78 is 0. The van der Waals surface area contributed by atoms with E-state index in [0.717, 1.165) is 16.3 Å². The molecule has 1 aromatic carbocycles. The van der Waals surface area contributed by atoms with E-state index in [4.69, 9.17) is 0 Å². The molecule has 14 heavy (non-hydrogen) atoms. The molecule has 0 aliphatic rings. The van der Waals surface area contributed by atoms with Gasteiger partial charge in [0.15, 0.2) is 0 Å². The number of Topliss-reactive ketones (excluding diaryl/α,β-unsaturated/α-hetero) is 1. The zero-order chi connectivity index (χ0) is 9.97. The van der Waals surface area contributed by atoms with Crippen molar-refractivity contribution in [1.82, 2.24) is 4.98 Å². The number of hydrogen-bond donors (Lipinski definition) is 0. The van der Waals surface area contributed by atoms with Gasteiger partial charge in [0.1, 0.15) is 5.78 Å². The number of pyridine rings is 1. The molecule has 2 nitrogen and oxygen atoms in total. The van der Waals surface area contributed by atoms with Gasteiger partial charge in [-0.15, -0.1) is 0 Å². The fourth-order valence-electron chi connectivity index (χ4n) is 1.53. The summed E-state index contributed by atoms with van der Waals surface area (Å²) >= 11 is 0. The molecule has 0 saturated heterocycles. The highest BCUT2D eigenvalue weighted by Crippen LogP contribution is 2.14. The van der Waals surface area contributed by atoms with Crippen molar-refractivity contribution in [3.8, 4) is 0 Å². The van der Waals surface area contributed by atoms with Crippen LogP contribution in [0.4, 0.5) is 0 Å². The predicted molar refractivity (Wildman–Crippen MR) is 56.1 cm³/mol. The first-order valence-electron chi connectivity index (χ1n) is 4.58. The van der Waals surface area contributed by atoms with Gasteiger partial charge < -0.3 is 0 Å². The van der Waals surface area contributed by atoms with Crippen LogP contribution in [0, 0.1) is 0 Å². The van der Waals surface area contributed by atoms with Crippen molar-refractivity contribution in [1.29, 1.82) is 0 Å². The third kappa shape index (κ3) is 1.79. The molecular formula is C12H11NO. The molecule has 0 aliphatic carbocycles. The summed E-state index contributed by atoms with van der Waals surface area (Å²) in [5.74, 6) is 0.188. The van der Waals surface area contributed by atoms with Gasteiger partial charge in [-0.05, 0) is 30.0 Å². The monoisotopic (exact) mass is 185 g/mol. The van der Waals surface area contributed by atoms with E-state index in [1.807, 2.05) is 30.5 Å². The van der Waals surface area contributed by atoms with Crippen molar-refractivity contribution in [3.63, 3.8) is 0 Å². The smallest absolute Gasteiger partial charge is 0.134 e. The average Bonchev–Trinajstić information content (AvgIpc) is 2.17. The molecule has 0 N–H and O–H groups in total. The minimum Gasteiger partial charge on any atom is -0.300 e. The molecule has 2 heteroatoms. The second kappa shape index (κ2) is 3.58. The lowest BCUT2D eigenvalue weighted by Gasteiger charge is -2.00. The Bertz CT molecular complexity index is 476. The molecule has 1 aromatic heterocycles. The van der Waals surface area contributed by atoms with Gasteiger partial charge in [-0.25, -0.2) is 0 Å². The van der Waals surface area contributed by atoms with Gasteiger partial charge in [-0.1, -0.05) is 12.1 Å². The fourth-order valence-corrected chi connectivity index (χ4v) is 1.53. The highest BCUT2D eigenvalue weighted by Gasteiger charge is 1.98. The summed E-state index contributed by atoms with van der Waals surface area (Å²) in [6.07, 6.45) is 4.09. The van der Waals surface area contributed by atoms with Gasteiger partial charge in [0, 0.05) is 24.2 Å². The maximum Gasteiger partial charge on any atom is 0.134 e. The van der Waals surface area contributed by atoms with Crippen LogP contribution < -0.4 is 0 Å². The number of hydrogen-bond acceptors (Lipinski definition) is 2. The second-order valence-electron chi connectivity index (χ2n) is 3.44. The van der Waals surface area contributed by atoms with Crippen LogP contribution in [-0.4, -0.2) is 10.8 Å². The number of carbonyl (C=O) groups excluding carboxylic acids is 1. The standard InChI is InChI=1S/C12H11NO/c1-9(14)6-10-2-3-11-4-5-13-8-12(11)7-10/h2-5,7-8H,6H2,1H3. The summed E-state index contributed by atoms with van der Waals surface area (Å²) in [5, 5.41) is 2.25. The van der Waals surface area contributed by atoms with Crippen LogP contribution in [0.2, 0.25) is 0 Å². The predicted octanol–water partition coefficient (Wildman–Crippen LogP) is 2.37. The molecule has 0 unspecified atom stereocenters. The lowest BCUT2D eigenvalue weighted by molar-refractivity contribution is -0.116. The lowest BCUT2D eigenvalue weighted by Crippen LogP contribution is -1.95. The Morgan fingerprint density at radius 2 is 2.14 bits per heavy atom. The Balaban J connectivity index is 2.46. The van der Waals surface area contributed by atoms with Crippen LogP contribution in [0.15, 0.2) is 36.7 Å². The molecule has 0 bridgehead atoms. The zero-order valence-corrected chi connectivity index (χ0v) is 8.03. The number of nitrogens with zero attached hydrogens (tertiary/aromatic N) is 1. The van der Waals surface area contributed by atoms with Crippen LogP contribution >= 0.6 is 0 Å². The number of fused-ring (bicyclic) bond motifs is 1. The molecule has 2 rings (SSSR count). The van der Waals surface area contributed by atoms with Gasteiger partial charge in [-0.2, -0.15) is 0 Å². The van der Waals surface area contributed by atoms with E-state index in [2.05, 4.69) is 4.98 Å². The minimum atomic E-state index is 0.188. The molecule has 0 aliphatic heterocycles. The van der Waals surface area contributed by atoms with E-state index in [9.17, 15) is 4.79 Å². The van der Waals surface area contributed by atoms with E-state index in [-0.39, 0.29) is 5.78 Å². The van der Waals surface area contributed by atoms with E-state index < -0.39 is 0 Å². The molecule has 2 aromatic rings. The maximum absolute atomic E-state index is 10.9. The summed E-state index contributed by atoms with van der Waals surface area (Å²) in [7, 11) is 0. The summed E-state index contributed by atoms with van der Waals surface area (Å²) in [5.41, 5.74) is 1.05. The number of benzene rings is 1. The SMILES string of the molecule is CC(=O)Cc1ccc2ccncc2c1. The molecular weight excluding hydrogens is 174 g/mol. The number of aromatic nitrogens is 1. The zero-order valence-electron chi connectivity index (χ0n) is 8.03. The normalized spacial score (nSPS) is 10.4. The van der Waals surface area contributed by atoms with Gasteiger partial charge in [0.25, 0.3) is 0 Å². The van der Waals surface area contributed by atoms with Crippen molar-refractivity contribution >= 4 is 16.6 Å². The molecule has 1 heterocycles. The van der Waals surface area contributed by atoms with E-state index in [0.29, 0.717) is 6.42 Å². The molecule has 0 radical (unpaired) electrons. The van der Waals surface area contributed by atoms with Crippen molar-refractivity contribution in [2.45, 2.75) is 13.3 Å². The number of carbonyl (C=O) groups is 1. The summed E-state index contributed by atoms with van der Waals surface area (Å²) in [4.78, 5) is 15.0. The van der Waals surface area contributed by atoms with Crippen molar-refractivity contribution in [2.75, 3.05) is 0 Å². The van der Waals surface area contributed by atoms with E-state index >= 15 is 0 Å². The van der Waals surface area contributed by atoms with Gasteiger partial charge in [-0.3, -0.25) is 9.78 Å². The fraction of sp³-hybridized carbons (Fsp3) is 0.167. The number of rotatable bonds is 2. The van der Waals surface area contributed by atoms with E-state index in [1.165, 1.54) is 0 Å². The highest BCUT2D eigenvalue weighted by molar-refractivity contribution is 5.84. The van der Waals surface area contributed by atoms with Crippen molar-refractivity contribution < 1.29 is 4.79 Å². The average molecular weight is 185 g/mol. The molecule has 70 valence electrons. The first-order valence-corrected chi connectivity index (χ1v) is 4.58. The van der Waals surface area contributed by atoms with Gasteiger partial charge in [0.2, 0.25) is 0 Å². The Labute approximate surface area is 82.6 Å². The minimum absolute atomic E-state index is 0.188. The van der Waals surface area contributed by atoms with Crippen molar-refractivity contribution in [3.05, 3.63) is 42.2 Å². The van der Waals surface area contributed by atoms with Crippen LogP contribution in [0.5, 0.6) is 0 Å². The quantitative estimate of drug-likeness (QED) is 0.719. The number of ketones is 1. The molecule has 0 atom stereocenters. The molecule has 0 spiro atoms. The summed E-state index contributed by atoms with van der Waals surface area (Å²) in [6.45, 7) is 1.60. The van der Waals surface area contributed by atoms with Crippen LogP contribution in [0.25, 0.3) is 10.8 Å². The molecule has 0 fully saturated rings. The van der Waals surface area contributed by atoms with Crippen LogP contribution in [-0.2, 0) is 11.2 Å². The largest absolute Gasteiger partial charge is 0.300 e. The molecule has 0 saturated carbocycles. The van der Waals surface area contributed by atoms with E-state index in [1.54, 1.807) is 13.1 Å². The Morgan fingerprint density at radius 1 is 1.29 bits per heavy atom. The second-order valence-corrected chi connectivity index (χ2v) is 3.44. The maximum atomic E-state index is 10.9. The van der Waals surface area contributed by atoms with Crippen LogP contribution in [0.3, 0.4) is 0 Å². The third-order valence-corrected chi connectivity index (χ3v) is 2.16. The third-order valence-electron chi connectivity index (χ3n) is 2.16. The molecule has 0 amide bonds. The Morgan fingerprint density at radius 3 is 2.93 bits per heavy atom. The Kier molecular flexibility index (Phi) is 2.27. The highest BCUT2D eigenvalue weighted by atomic mass is 16.1. The summed E-state index contributed by atoms with van der Waals surface area (Å²) in [6, 6.07) is 8.00. The lowest BCUT2D eigenvalue weighted by atomic mass is 10.1. The van der Waals surface area contributed by atoms with Gasteiger partial charge >= 0.3 is 0 Å². The first-order chi connectivity index (χ1) is 6.75. The first kappa shape index (κ1) is 8.88. The van der Waals surface area contributed by atoms with Crippen LogP contribution in [0.1, 0.15) is 12.5 Å². The Hall–Kier alpha value is -1.70.